The number of nitrogens with zero attached hydrogens (tertiary/aromatic N) is 3. The number of nitrogen functional groups attached to an aromatic ring is 1. The molecule has 1 aromatic rings. The number of piperidine rings is 1. The number of carbonyl (C=O) groups excluding carboxylic acids is 1. The Labute approximate surface area is 125 Å². The largest absolute Gasteiger partial charge is 0.450 e. The second kappa shape index (κ2) is 6.69. The van der Waals surface area contributed by atoms with E-state index in [0.29, 0.717) is 25.7 Å². The minimum absolute atomic E-state index is 0.218. The molecule has 0 saturated carbocycles. The van der Waals surface area contributed by atoms with E-state index in [1.165, 1.54) is 0 Å². The maximum Gasteiger partial charge on any atom is 0.409 e. The summed E-state index contributed by atoms with van der Waals surface area (Å²) in [5.74, 6) is 0.876. The van der Waals surface area contributed by atoms with E-state index in [2.05, 4.69) is 10.4 Å². The van der Waals surface area contributed by atoms with Crippen LogP contribution < -0.4 is 11.1 Å². The summed E-state index contributed by atoms with van der Waals surface area (Å²) >= 11 is 0. The van der Waals surface area contributed by atoms with Gasteiger partial charge in [0.25, 0.3) is 0 Å². The van der Waals surface area contributed by atoms with Gasteiger partial charge >= 0.3 is 6.09 Å². The molecule has 0 aromatic carbocycles. The highest BCUT2D eigenvalue weighted by molar-refractivity contribution is 5.68. The van der Waals surface area contributed by atoms with Crippen molar-refractivity contribution in [2.45, 2.75) is 39.2 Å². The number of aromatic nitrogens is 2. The number of nitrogens with one attached hydrogen (secondary N) is 1. The number of amides is 1. The van der Waals surface area contributed by atoms with Crippen molar-refractivity contribution in [3.8, 4) is 0 Å². The fraction of sp³-hybridized carbons (Fsp3) is 0.714. The van der Waals surface area contributed by atoms with Gasteiger partial charge in [-0.05, 0) is 26.2 Å². The maximum atomic E-state index is 11.7. The van der Waals surface area contributed by atoms with Crippen molar-refractivity contribution in [3.05, 3.63) is 5.69 Å². The van der Waals surface area contributed by atoms with Gasteiger partial charge in [0.15, 0.2) is 0 Å². The van der Waals surface area contributed by atoms with Gasteiger partial charge in [0.1, 0.15) is 5.82 Å². The topological polar surface area (TPSA) is 85.4 Å². The molecule has 2 heterocycles. The van der Waals surface area contributed by atoms with Crippen LogP contribution in [-0.4, -0.2) is 46.5 Å². The first kappa shape index (κ1) is 15.5. The minimum Gasteiger partial charge on any atom is -0.450 e. The molecule has 0 radical (unpaired) electrons. The zero-order valence-corrected chi connectivity index (χ0v) is 13.1. The standard InChI is InChI=1S/C14H25N5O2/c1-4-11-12(15)13(18(3)17-11)16-10-6-8-19(9-7-10)14(20)21-5-2/h10,16H,4-9,15H2,1-3H3. The van der Waals surface area contributed by atoms with Crippen molar-refractivity contribution in [2.24, 2.45) is 7.05 Å². The normalized spacial score (nSPS) is 16.0. The number of nitrogens with two attached hydrogens (primary N) is 1. The average Bonchev–Trinajstić information content (AvgIpc) is 2.75. The van der Waals surface area contributed by atoms with Crippen molar-refractivity contribution >= 4 is 17.6 Å². The molecule has 1 amide bonds. The van der Waals surface area contributed by atoms with E-state index in [9.17, 15) is 4.79 Å². The summed E-state index contributed by atoms with van der Waals surface area (Å²) in [4.78, 5) is 13.4. The fourth-order valence-electron chi connectivity index (χ4n) is 2.64. The van der Waals surface area contributed by atoms with Crippen molar-refractivity contribution in [1.82, 2.24) is 14.7 Å². The van der Waals surface area contributed by atoms with Gasteiger partial charge in [-0.2, -0.15) is 5.10 Å². The van der Waals surface area contributed by atoms with Gasteiger partial charge in [-0.15, -0.1) is 0 Å². The van der Waals surface area contributed by atoms with Crippen LogP contribution in [0.4, 0.5) is 16.3 Å². The SMILES string of the molecule is CCOC(=O)N1CCC(Nc2c(N)c(CC)nn2C)CC1. The summed E-state index contributed by atoms with van der Waals surface area (Å²) in [5.41, 5.74) is 7.77. The summed E-state index contributed by atoms with van der Waals surface area (Å²) in [6.45, 7) is 5.69. The number of likely N-dealkylation sites (tertiary alicyclic amines) is 1. The smallest absolute Gasteiger partial charge is 0.409 e. The number of ether oxygens (including phenoxy) is 1. The Balaban J connectivity index is 1.92. The first-order valence-electron chi connectivity index (χ1n) is 7.56. The van der Waals surface area contributed by atoms with Crippen LogP contribution in [0.15, 0.2) is 0 Å². The highest BCUT2D eigenvalue weighted by atomic mass is 16.6. The molecule has 0 atom stereocenters. The molecule has 0 unspecified atom stereocenters. The van der Waals surface area contributed by atoms with Gasteiger partial charge in [0.2, 0.25) is 0 Å². The molecule has 2 rings (SSSR count). The Bertz CT molecular complexity index is 492. The number of hydrogen-bond donors (Lipinski definition) is 2. The van der Waals surface area contributed by atoms with Crippen molar-refractivity contribution in [1.29, 1.82) is 0 Å². The highest BCUT2D eigenvalue weighted by Crippen LogP contribution is 2.25. The lowest BCUT2D eigenvalue weighted by Crippen LogP contribution is -2.42. The monoisotopic (exact) mass is 295 g/mol. The van der Waals surface area contributed by atoms with E-state index in [1.807, 2.05) is 20.9 Å². The molecular formula is C14H25N5O2. The molecule has 0 spiro atoms. The molecule has 1 saturated heterocycles. The number of aryl methyl sites for hydroxylation is 2. The first-order valence-corrected chi connectivity index (χ1v) is 7.56. The van der Waals surface area contributed by atoms with E-state index in [0.717, 1.165) is 36.5 Å². The van der Waals surface area contributed by atoms with Gasteiger partial charge in [-0.3, -0.25) is 4.68 Å². The molecule has 118 valence electrons. The quantitative estimate of drug-likeness (QED) is 0.881. The van der Waals surface area contributed by atoms with Gasteiger partial charge in [0.05, 0.1) is 18.0 Å². The minimum atomic E-state index is -0.218. The number of anilines is 2. The van der Waals surface area contributed by atoms with Gasteiger partial charge in [-0.1, -0.05) is 6.92 Å². The molecule has 7 nitrogen and oxygen atoms in total. The Morgan fingerprint density at radius 1 is 1.43 bits per heavy atom. The molecule has 1 aromatic heterocycles. The van der Waals surface area contributed by atoms with Crippen LogP contribution >= 0.6 is 0 Å². The zero-order chi connectivity index (χ0) is 15.4. The van der Waals surface area contributed by atoms with Crippen LogP contribution in [0.25, 0.3) is 0 Å². The Hall–Kier alpha value is -1.92. The summed E-state index contributed by atoms with van der Waals surface area (Å²) in [6.07, 6.45) is 2.36. The van der Waals surface area contributed by atoms with E-state index in [1.54, 1.807) is 9.58 Å². The lowest BCUT2D eigenvalue weighted by Gasteiger charge is -2.32. The third-order valence-corrected chi connectivity index (χ3v) is 3.86. The Morgan fingerprint density at radius 3 is 2.62 bits per heavy atom. The predicted molar refractivity (Wildman–Crippen MR) is 82.2 cm³/mol. The number of rotatable bonds is 4. The summed E-state index contributed by atoms with van der Waals surface area (Å²) < 4.78 is 6.82. The molecule has 1 fully saturated rings. The van der Waals surface area contributed by atoms with Crippen molar-refractivity contribution in [2.75, 3.05) is 30.7 Å². The summed E-state index contributed by atoms with van der Waals surface area (Å²) in [6, 6.07) is 0.304. The maximum absolute atomic E-state index is 11.7. The van der Waals surface area contributed by atoms with E-state index >= 15 is 0 Å². The van der Waals surface area contributed by atoms with Crippen LogP contribution in [0.3, 0.4) is 0 Å². The molecule has 0 bridgehead atoms. The molecular weight excluding hydrogens is 270 g/mol. The second-order valence-electron chi connectivity index (χ2n) is 5.29. The van der Waals surface area contributed by atoms with Crippen LogP contribution in [-0.2, 0) is 18.2 Å². The lowest BCUT2D eigenvalue weighted by atomic mass is 10.1. The van der Waals surface area contributed by atoms with Crippen molar-refractivity contribution in [3.63, 3.8) is 0 Å². The Morgan fingerprint density at radius 2 is 2.10 bits per heavy atom. The first-order chi connectivity index (χ1) is 10.1. The lowest BCUT2D eigenvalue weighted by molar-refractivity contribution is 0.0983. The third kappa shape index (κ3) is 3.40. The zero-order valence-electron chi connectivity index (χ0n) is 13.1. The van der Waals surface area contributed by atoms with E-state index in [-0.39, 0.29) is 6.09 Å². The second-order valence-corrected chi connectivity index (χ2v) is 5.29. The highest BCUT2D eigenvalue weighted by Gasteiger charge is 2.25. The molecule has 21 heavy (non-hydrogen) atoms. The third-order valence-electron chi connectivity index (χ3n) is 3.86. The molecule has 3 N–H and O–H groups in total. The molecule has 7 heteroatoms. The molecule has 0 aliphatic carbocycles. The Kier molecular flexibility index (Phi) is 4.93. The fourth-order valence-corrected chi connectivity index (χ4v) is 2.64. The summed E-state index contributed by atoms with van der Waals surface area (Å²) in [5, 5.41) is 7.87. The number of hydrogen-bond acceptors (Lipinski definition) is 5. The van der Waals surface area contributed by atoms with Crippen LogP contribution in [0.2, 0.25) is 0 Å². The van der Waals surface area contributed by atoms with Crippen LogP contribution in [0.5, 0.6) is 0 Å². The predicted octanol–water partition coefficient (Wildman–Crippen LogP) is 1.60. The van der Waals surface area contributed by atoms with Crippen LogP contribution in [0, 0.1) is 0 Å². The van der Waals surface area contributed by atoms with Gasteiger partial charge < -0.3 is 20.7 Å². The van der Waals surface area contributed by atoms with E-state index in [4.69, 9.17) is 10.5 Å². The van der Waals surface area contributed by atoms with Gasteiger partial charge in [0, 0.05) is 26.2 Å². The van der Waals surface area contributed by atoms with Crippen molar-refractivity contribution < 1.29 is 9.53 Å². The summed E-state index contributed by atoms with van der Waals surface area (Å²) in [7, 11) is 1.89. The van der Waals surface area contributed by atoms with Crippen LogP contribution in [0.1, 0.15) is 32.4 Å². The van der Waals surface area contributed by atoms with E-state index < -0.39 is 0 Å². The molecule has 1 aliphatic heterocycles. The number of carbonyl (C=O) groups is 1. The van der Waals surface area contributed by atoms with Gasteiger partial charge in [-0.25, -0.2) is 4.79 Å². The average molecular weight is 295 g/mol. The molecule has 1 aliphatic rings.